The fraction of sp³-hybridized carbons (Fsp3) is 0.333. The zero-order valence-corrected chi connectivity index (χ0v) is 14.7. The summed E-state index contributed by atoms with van der Waals surface area (Å²) in [5.41, 5.74) is 3.71. The molecule has 1 N–H and O–H groups in total. The van der Waals surface area contributed by atoms with Crippen molar-refractivity contribution in [3.8, 4) is 0 Å². The summed E-state index contributed by atoms with van der Waals surface area (Å²) in [6, 6.07) is 9.50. The van der Waals surface area contributed by atoms with Crippen molar-refractivity contribution in [2.45, 2.75) is 33.4 Å². The standard InChI is InChI=1S/C18H22ClN3O/c1-12-5-6-15(13(2)9-12)11-22(4)14(3)18(23)21-17-8-7-16(19)10-20-17/h5-10,14H,11H2,1-4H3,(H,20,21,23)/t14-/m0/s1. The van der Waals surface area contributed by atoms with Gasteiger partial charge in [-0.3, -0.25) is 9.69 Å². The lowest BCUT2D eigenvalue weighted by molar-refractivity contribution is -0.120. The minimum Gasteiger partial charge on any atom is -0.309 e. The highest BCUT2D eigenvalue weighted by molar-refractivity contribution is 6.30. The fourth-order valence-corrected chi connectivity index (χ4v) is 2.42. The van der Waals surface area contributed by atoms with E-state index in [0.29, 0.717) is 10.8 Å². The number of benzene rings is 1. The van der Waals surface area contributed by atoms with Gasteiger partial charge in [-0.15, -0.1) is 0 Å². The van der Waals surface area contributed by atoms with Gasteiger partial charge >= 0.3 is 0 Å². The Hall–Kier alpha value is -1.91. The lowest BCUT2D eigenvalue weighted by Gasteiger charge is -2.24. The average Bonchev–Trinajstić information content (AvgIpc) is 2.51. The van der Waals surface area contributed by atoms with Gasteiger partial charge in [0, 0.05) is 12.7 Å². The highest BCUT2D eigenvalue weighted by Gasteiger charge is 2.19. The average molecular weight is 332 g/mol. The van der Waals surface area contributed by atoms with E-state index in [0.717, 1.165) is 6.54 Å². The minimum absolute atomic E-state index is 0.0907. The van der Waals surface area contributed by atoms with Crippen molar-refractivity contribution in [1.29, 1.82) is 0 Å². The maximum absolute atomic E-state index is 12.3. The van der Waals surface area contributed by atoms with Crippen molar-refractivity contribution >= 4 is 23.3 Å². The Labute approximate surface area is 142 Å². The summed E-state index contributed by atoms with van der Waals surface area (Å²) < 4.78 is 0. The molecule has 1 heterocycles. The first-order valence-electron chi connectivity index (χ1n) is 7.55. The number of pyridine rings is 1. The minimum atomic E-state index is -0.270. The quantitative estimate of drug-likeness (QED) is 0.906. The molecule has 0 fully saturated rings. The van der Waals surface area contributed by atoms with Crippen LogP contribution < -0.4 is 5.32 Å². The third-order valence-electron chi connectivity index (χ3n) is 3.94. The van der Waals surface area contributed by atoms with Crippen molar-refractivity contribution in [3.63, 3.8) is 0 Å². The van der Waals surface area contributed by atoms with Crippen LogP contribution in [0.15, 0.2) is 36.5 Å². The Balaban J connectivity index is 1.99. The van der Waals surface area contributed by atoms with E-state index in [-0.39, 0.29) is 11.9 Å². The Bertz CT molecular complexity index is 685. The second-order valence-corrected chi connectivity index (χ2v) is 6.31. The molecule has 1 atom stereocenters. The number of likely N-dealkylation sites (N-methyl/N-ethyl adjacent to an activating group) is 1. The van der Waals surface area contributed by atoms with Gasteiger partial charge in [0.05, 0.1) is 11.1 Å². The molecule has 5 heteroatoms. The van der Waals surface area contributed by atoms with Crippen LogP contribution in [-0.4, -0.2) is 28.9 Å². The van der Waals surface area contributed by atoms with Crippen LogP contribution in [0.4, 0.5) is 5.82 Å². The first-order valence-corrected chi connectivity index (χ1v) is 7.93. The molecule has 0 saturated carbocycles. The van der Waals surface area contributed by atoms with E-state index in [1.165, 1.54) is 22.9 Å². The third-order valence-corrected chi connectivity index (χ3v) is 4.16. The summed E-state index contributed by atoms with van der Waals surface area (Å²) in [6.45, 7) is 6.78. The van der Waals surface area contributed by atoms with E-state index < -0.39 is 0 Å². The molecule has 0 aliphatic rings. The van der Waals surface area contributed by atoms with Crippen LogP contribution in [-0.2, 0) is 11.3 Å². The van der Waals surface area contributed by atoms with Crippen molar-refractivity contribution in [1.82, 2.24) is 9.88 Å². The van der Waals surface area contributed by atoms with Crippen LogP contribution in [0.3, 0.4) is 0 Å². The number of halogens is 1. The number of amides is 1. The van der Waals surface area contributed by atoms with Crippen LogP contribution in [0, 0.1) is 13.8 Å². The van der Waals surface area contributed by atoms with Gasteiger partial charge in [-0.05, 0) is 51.1 Å². The monoisotopic (exact) mass is 331 g/mol. The lowest BCUT2D eigenvalue weighted by atomic mass is 10.0. The van der Waals surface area contributed by atoms with Crippen molar-refractivity contribution < 1.29 is 4.79 Å². The molecule has 0 aliphatic carbocycles. The van der Waals surface area contributed by atoms with Crippen LogP contribution in [0.2, 0.25) is 5.02 Å². The number of carbonyl (C=O) groups excluding carboxylic acids is 1. The number of aromatic nitrogens is 1. The van der Waals surface area contributed by atoms with Crippen LogP contribution in [0.5, 0.6) is 0 Å². The highest BCUT2D eigenvalue weighted by atomic mass is 35.5. The summed E-state index contributed by atoms with van der Waals surface area (Å²) in [5.74, 6) is 0.415. The molecule has 0 radical (unpaired) electrons. The van der Waals surface area contributed by atoms with Gasteiger partial charge < -0.3 is 5.32 Å². The molecule has 0 saturated heterocycles. The van der Waals surface area contributed by atoms with Crippen molar-refractivity contribution in [2.75, 3.05) is 12.4 Å². The molecule has 1 amide bonds. The van der Waals surface area contributed by atoms with Crippen molar-refractivity contribution in [2.24, 2.45) is 0 Å². The van der Waals surface area contributed by atoms with E-state index in [9.17, 15) is 4.79 Å². The molecule has 1 aromatic carbocycles. The number of rotatable bonds is 5. The maximum atomic E-state index is 12.3. The van der Waals surface area contributed by atoms with E-state index in [1.807, 2.05) is 18.9 Å². The number of anilines is 1. The normalized spacial score (nSPS) is 12.3. The second kappa shape index (κ2) is 7.57. The molecule has 0 bridgehead atoms. The SMILES string of the molecule is Cc1ccc(CN(C)[C@@H](C)C(=O)Nc2ccc(Cl)cn2)c(C)c1. The van der Waals surface area contributed by atoms with Crippen LogP contribution in [0.25, 0.3) is 0 Å². The van der Waals surface area contributed by atoms with Gasteiger partial charge in [0.25, 0.3) is 0 Å². The fourth-order valence-electron chi connectivity index (χ4n) is 2.31. The number of carbonyl (C=O) groups is 1. The summed E-state index contributed by atoms with van der Waals surface area (Å²) in [6.07, 6.45) is 1.52. The molecule has 1 aromatic heterocycles. The zero-order valence-electron chi connectivity index (χ0n) is 13.9. The Morgan fingerprint density at radius 1 is 1.30 bits per heavy atom. The van der Waals surface area contributed by atoms with Gasteiger partial charge in [0.15, 0.2) is 0 Å². The maximum Gasteiger partial charge on any atom is 0.242 e. The molecule has 2 rings (SSSR count). The van der Waals surface area contributed by atoms with Gasteiger partial charge in [0.2, 0.25) is 5.91 Å². The molecule has 4 nitrogen and oxygen atoms in total. The van der Waals surface area contributed by atoms with Gasteiger partial charge in [-0.25, -0.2) is 4.98 Å². The largest absolute Gasteiger partial charge is 0.309 e. The topological polar surface area (TPSA) is 45.2 Å². The zero-order chi connectivity index (χ0) is 17.0. The molecule has 122 valence electrons. The van der Waals surface area contributed by atoms with Gasteiger partial charge in [-0.2, -0.15) is 0 Å². The lowest BCUT2D eigenvalue weighted by Crippen LogP contribution is -2.39. The summed E-state index contributed by atoms with van der Waals surface area (Å²) in [5, 5.41) is 3.35. The van der Waals surface area contributed by atoms with Crippen molar-refractivity contribution in [3.05, 3.63) is 58.2 Å². The number of nitrogens with one attached hydrogen (secondary N) is 1. The highest BCUT2D eigenvalue weighted by Crippen LogP contribution is 2.15. The predicted octanol–water partition coefficient (Wildman–Crippen LogP) is 3.81. The summed E-state index contributed by atoms with van der Waals surface area (Å²) in [7, 11) is 1.94. The Morgan fingerprint density at radius 2 is 2.04 bits per heavy atom. The molecule has 0 spiro atoms. The van der Waals surface area contributed by atoms with Gasteiger partial charge in [-0.1, -0.05) is 35.4 Å². The first-order chi connectivity index (χ1) is 10.9. The van der Waals surface area contributed by atoms with E-state index in [1.54, 1.807) is 12.1 Å². The number of nitrogens with zero attached hydrogens (tertiary/aromatic N) is 2. The van der Waals surface area contributed by atoms with Crippen LogP contribution in [0.1, 0.15) is 23.6 Å². The third kappa shape index (κ3) is 4.78. The Kier molecular flexibility index (Phi) is 5.74. The molecular weight excluding hydrogens is 310 g/mol. The van der Waals surface area contributed by atoms with E-state index >= 15 is 0 Å². The first kappa shape index (κ1) is 17.4. The predicted molar refractivity (Wildman–Crippen MR) is 94.7 cm³/mol. The second-order valence-electron chi connectivity index (χ2n) is 5.87. The molecule has 0 aliphatic heterocycles. The number of hydrogen-bond donors (Lipinski definition) is 1. The molecule has 0 unspecified atom stereocenters. The van der Waals surface area contributed by atoms with Gasteiger partial charge in [0.1, 0.15) is 5.82 Å². The summed E-state index contributed by atoms with van der Waals surface area (Å²) in [4.78, 5) is 18.4. The summed E-state index contributed by atoms with van der Waals surface area (Å²) >= 11 is 5.79. The molecule has 2 aromatic rings. The molecular formula is C18H22ClN3O. The van der Waals surface area contributed by atoms with E-state index in [4.69, 9.17) is 11.6 Å². The van der Waals surface area contributed by atoms with Crippen LogP contribution >= 0.6 is 11.6 Å². The van der Waals surface area contributed by atoms with E-state index in [2.05, 4.69) is 42.3 Å². The smallest absolute Gasteiger partial charge is 0.242 e. The number of aryl methyl sites for hydroxylation is 2. The molecule has 23 heavy (non-hydrogen) atoms. The number of hydrogen-bond acceptors (Lipinski definition) is 3. The Morgan fingerprint density at radius 3 is 2.65 bits per heavy atom.